The van der Waals surface area contributed by atoms with Crippen LogP contribution in [0.5, 0.6) is 0 Å². The number of hydrogen-bond donors (Lipinski definition) is 2. The van der Waals surface area contributed by atoms with Crippen molar-refractivity contribution in [2.24, 2.45) is 0 Å². The Morgan fingerprint density at radius 2 is 2.05 bits per heavy atom. The molecule has 0 spiro atoms. The van der Waals surface area contributed by atoms with Crippen molar-refractivity contribution in [1.82, 2.24) is 14.3 Å². The number of nitrogens with one attached hydrogen (secondary N) is 2. The fourth-order valence-corrected chi connectivity index (χ4v) is 2.82. The molecule has 0 saturated carbocycles. The van der Waals surface area contributed by atoms with Crippen LogP contribution in [0.4, 0.5) is 4.79 Å². The third kappa shape index (κ3) is 3.20. The lowest BCUT2D eigenvalue weighted by Crippen LogP contribution is -2.67. The number of piperazine rings is 1. The van der Waals surface area contributed by atoms with Gasteiger partial charge in [0.05, 0.1) is 13.2 Å². The minimum Gasteiger partial charge on any atom is -0.449 e. The van der Waals surface area contributed by atoms with Crippen LogP contribution in [0.25, 0.3) is 0 Å². The quantitative estimate of drug-likeness (QED) is 0.625. The smallest absolute Gasteiger partial charge is 0.421 e. The largest absolute Gasteiger partial charge is 0.449 e. The molecule has 0 aromatic rings. The van der Waals surface area contributed by atoms with Crippen molar-refractivity contribution in [3.8, 4) is 0 Å². The third-order valence-corrected chi connectivity index (χ3v) is 4.09. The zero-order chi connectivity index (χ0) is 14.8. The summed E-state index contributed by atoms with van der Waals surface area (Å²) in [6, 6.07) is 0. The number of amides is 3. The molecule has 1 rings (SSSR count). The first-order valence-electron chi connectivity index (χ1n) is 5.43. The molecule has 0 unspecified atom stereocenters. The second-order valence-corrected chi connectivity index (χ2v) is 5.87. The molecule has 1 saturated heterocycles. The highest BCUT2D eigenvalue weighted by atomic mass is 32.2. The molecular formula is C9H15N3O6S. The van der Waals surface area contributed by atoms with Gasteiger partial charge in [-0.3, -0.25) is 14.9 Å². The minimum atomic E-state index is -4.35. The highest BCUT2D eigenvalue weighted by Gasteiger charge is 2.47. The second-order valence-electron chi connectivity index (χ2n) is 4.27. The van der Waals surface area contributed by atoms with Crippen molar-refractivity contribution in [3.05, 3.63) is 0 Å². The van der Waals surface area contributed by atoms with E-state index in [-0.39, 0.29) is 6.61 Å². The van der Waals surface area contributed by atoms with Crippen LogP contribution in [0.2, 0.25) is 0 Å². The number of carbonyl (C=O) groups excluding carboxylic acids is 3. The van der Waals surface area contributed by atoms with Crippen LogP contribution in [0.1, 0.15) is 20.8 Å². The number of ether oxygens (including phenoxy) is 1. The van der Waals surface area contributed by atoms with E-state index in [1.807, 2.05) is 5.32 Å². The summed E-state index contributed by atoms with van der Waals surface area (Å²) in [5.41, 5.74) is -1.49. The molecule has 10 heteroatoms. The highest BCUT2D eigenvalue weighted by molar-refractivity contribution is 7.87. The van der Waals surface area contributed by atoms with Crippen LogP contribution in [0.3, 0.4) is 0 Å². The average Bonchev–Trinajstić information content (AvgIpc) is 2.23. The van der Waals surface area contributed by atoms with Gasteiger partial charge in [0.2, 0.25) is 11.8 Å². The number of imide groups is 1. The van der Waals surface area contributed by atoms with E-state index < -0.39 is 40.2 Å². The molecule has 2 N–H and O–H groups in total. The number of hydrogen-bond acceptors (Lipinski definition) is 6. The van der Waals surface area contributed by atoms with Crippen molar-refractivity contribution in [2.45, 2.75) is 26.3 Å². The Hall–Kier alpha value is -1.68. The second kappa shape index (κ2) is 5.13. The van der Waals surface area contributed by atoms with Gasteiger partial charge in [-0.05, 0) is 20.8 Å². The van der Waals surface area contributed by atoms with Crippen molar-refractivity contribution < 1.29 is 27.5 Å². The van der Waals surface area contributed by atoms with Gasteiger partial charge < -0.3 is 4.74 Å². The summed E-state index contributed by atoms with van der Waals surface area (Å²) in [4.78, 5) is 34.0. The van der Waals surface area contributed by atoms with Crippen molar-refractivity contribution in [3.63, 3.8) is 0 Å². The lowest BCUT2D eigenvalue weighted by atomic mass is 10.0. The Morgan fingerprint density at radius 1 is 1.47 bits per heavy atom. The fourth-order valence-electron chi connectivity index (χ4n) is 1.47. The molecule has 1 aliphatic rings. The molecule has 0 radical (unpaired) electrons. The summed E-state index contributed by atoms with van der Waals surface area (Å²) >= 11 is 0. The first-order chi connectivity index (χ1) is 8.61. The van der Waals surface area contributed by atoms with Gasteiger partial charge in [0.15, 0.2) is 0 Å². The van der Waals surface area contributed by atoms with E-state index in [1.165, 1.54) is 20.8 Å². The molecule has 108 valence electrons. The van der Waals surface area contributed by atoms with Gasteiger partial charge >= 0.3 is 16.3 Å². The van der Waals surface area contributed by atoms with Gasteiger partial charge in [-0.15, -0.1) is 0 Å². The molecule has 9 nitrogen and oxygen atoms in total. The summed E-state index contributed by atoms with van der Waals surface area (Å²) in [6.07, 6.45) is -1.17. The molecular weight excluding hydrogens is 278 g/mol. The van der Waals surface area contributed by atoms with Crippen LogP contribution >= 0.6 is 0 Å². The maximum atomic E-state index is 12.0. The Morgan fingerprint density at radius 3 is 2.58 bits per heavy atom. The van der Waals surface area contributed by atoms with E-state index in [4.69, 9.17) is 0 Å². The Balaban J connectivity index is 3.01. The highest BCUT2D eigenvalue weighted by Crippen LogP contribution is 2.21. The Labute approximate surface area is 110 Å². The molecule has 1 fully saturated rings. The molecule has 3 amide bonds. The van der Waals surface area contributed by atoms with E-state index in [9.17, 15) is 22.8 Å². The topological polar surface area (TPSA) is 122 Å². The SMILES string of the molecule is CCOC(=O)NS(=O)(=O)N1CC(=O)NC(=O)C1(C)C. The number of rotatable bonds is 3. The van der Waals surface area contributed by atoms with Crippen LogP contribution in [-0.4, -0.2) is 49.3 Å². The molecule has 0 atom stereocenters. The van der Waals surface area contributed by atoms with Crippen molar-refractivity contribution >= 4 is 28.1 Å². The average molecular weight is 293 g/mol. The van der Waals surface area contributed by atoms with Crippen LogP contribution in [0, 0.1) is 0 Å². The van der Waals surface area contributed by atoms with Crippen LogP contribution < -0.4 is 10.0 Å². The van der Waals surface area contributed by atoms with E-state index >= 15 is 0 Å². The standard InChI is InChI=1S/C9H15N3O6S/c1-4-18-8(15)11-19(16,17)12-5-6(13)10-7(14)9(12,2)3/h4-5H2,1-3H3,(H,11,15)(H,10,13,14). The molecule has 1 heterocycles. The normalized spacial score (nSPS) is 19.7. The third-order valence-electron chi connectivity index (χ3n) is 2.50. The Kier molecular flexibility index (Phi) is 4.15. The van der Waals surface area contributed by atoms with Crippen molar-refractivity contribution in [2.75, 3.05) is 13.2 Å². The molecule has 19 heavy (non-hydrogen) atoms. The maximum absolute atomic E-state index is 12.0. The zero-order valence-corrected chi connectivity index (χ0v) is 11.5. The number of carbonyl (C=O) groups is 3. The molecule has 0 bridgehead atoms. The van der Waals surface area contributed by atoms with E-state index in [0.29, 0.717) is 4.31 Å². The predicted molar refractivity (Wildman–Crippen MR) is 63.0 cm³/mol. The predicted octanol–water partition coefficient (Wildman–Crippen LogP) is -1.29. The van der Waals surface area contributed by atoms with Gasteiger partial charge in [0, 0.05) is 0 Å². The fraction of sp³-hybridized carbons (Fsp3) is 0.667. The summed E-state index contributed by atoms with van der Waals surface area (Å²) in [6.45, 7) is 3.57. The summed E-state index contributed by atoms with van der Waals surface area (Å²) < 4.78 is 30.6. The molecule has 1 aliphatic heterocycles. The molecule has 0 aliphatic carbocycles. The van der Waals surface area contributed by atoms with E-state index in [2.05, 4.69) is 4.74 Å². The van der Waals surface area contributed by atoms with Gasteiger partial charge in [-0.25, -0.2) is 9.52 Å². The monoisotopic (exact) mass is 293 g/mol. The molecule has 0 aromatic heterocycles. The van der Waals surface area contributed by atoms with Crippen molar-refractivity contribution in [1.29, 1.82) is 0 Å². The summed E-state index contributed by atoms with van der Waals surface area (Å²) in [5, 5.41) is 2.02. The molecule has 0 aromatic carbocycles. The summed E-state index contributed by atoms with van der Waals surface area (Å²) in [7, 11) is -4.35. The lowest BCUT2D eigenvalue weighted by molar-refractivity contribution is -0.141. The van der Waals surface area contributed by atoms with Gasteiger partial charge in [-0.2, -0.15) is 12.7 Å². The zero-order valence-electron chi connectivity index (χ0n) is 10.7. The van der Waals surface area contributed by atoms with Crippen LogP contribution in [0.15, 0.2) is 0 Å². The van der Waals surface area contributed by atoms with Gasteiger partial charge in [-0.1, -0.05) is 0 Å². The van der Waals surface area contributed by atoms with E-state index in [1.54, 1.807) is 4.72 Å². The van der Waals surface area contributed by atoms with E-state index in [0.717, 1.165) is 0 Å². The Bertz CT molecular complexity index is 512. The van der Waals surface area contributed by atoms with Gasteiger partial charge in [0.1, 0.15) is 5.54 Å². The van der Waals surface area contributed by atoms with Crippen LogP contribution in [-0.2, 0) is 24.5 Å². The number of nitrogens with zero attached hydrogens (tertiary/aromatic N) is 1. The summed E-state index contributed by atoms with van der Waals surface area (Å²) in [5.74, 6) is -1.53. The van der Waals surface area contributed by atoms with Gasteiger partial charge in [0.25, 0.3) is 0 Å². The minimum absolute atomic E-state index is 0.00976. The lowest BCUT2D eigenvalue weighted by Gasteiger charge is -2.38. The maximum Gasteiger partial charge on any atom is 0.421 e. The first kappa shape index (κ1) is 15.4. The first-order valence-corrected chi connectivity index (χ1v) is 6.87.